The molecule has 1 aromatic rings. The van der Waals surface area contributed by atoms with Gasteiger partial charge in [0.25, 0.3) is 0 Å². The van der Waals surface area contributed by atoms with Crippen molar-refractivity contribution >= 4 is 5.97 Å². The van der Waals surface area contributed by atoms with Crippen LogP contribution in [0, 0.1) is 5.92 Å². The van der Waals surface area contributed by atoms with Crippen LogP contribution in [-0.2, 0) is 4.79 Å². The number of carbonyl (C=O) groups is 1. The quantitative estimate of drug-likeness (QED) is 0.821. The second-order valence-corrected chi connectivity index (χ2v) is 4.61. The zero-order chi connectivity index (χ0) is 11.0. The van der Waals surface area contributed by atoms with E-state index in [9.17, 15) is 4.79 Å². The van der Waals surface area contributed by atoms with Crippen molar-refractivity contribution in [1.82, 2.24) is 0 Å². The van der Waals surface area contributed by atoms with Gasteiger partial charge < -0.3 is 5.11 Å². The molecule has 2 heteroatoms. The third-order valence-electron chi connectivity index (χ3n) is 3.14. The van der Waals surface area contributed by atoms with Crippen LogP contribution in [0.25, 0.3) is 0 Å². The third-order valence-corrected chi connectivity index (χ3v) is 3.14. The van der Waals surface area contributed by atoms with Gasteiger partial charge in [0.2, 0.25) is 0 Å². The monoisotopic (exact) mass is 204 g/mol. The van der Waals surface area contributed by atoms with Crippen molar-refractivity contribution in [2.24, 2.45) is 5.92 Å². The molecule has 15 heavy (non-hydrogen) atoms. The topological polar surface area (TPSA) is 37.3 Å². The maximum Gasteiger partial charge on any atom is 0.307 e. The largest absolute Gasteiger partial charge is 0.481 e. The minimum atomic E-state index is -0.659. The van der Waals surface area contributed by atoms with E-state index in [-0.39, 0.29) is 11.8 Å². The first-order chi connectivity index (χ1) is 7.09. The summed E-state index contributed by atoms with van der Waals surface area (Å²) in [6.45, 7) is 4.32. The Morgan fingerprint density at radius 1 is 1.33 bits per heavy atom. The first-order valence-corrected chi connectivity index (χ1v) is 5.42. The van der Waals surface area contributed by atoms with Gasteiger partial charge in [0, 0.05) is 0 Å². The van der Waals surface area contributed by atoms with Crippen LogP contribution in [0.3, 0.4) is 0 Å². The Bertz CT molecular complexity index is 365. The van der Waals surface area contributed by atoms with Gasteiger partial charge in [-0.2, -0.15) is 0 Å². The first kappa shape index (κ1) is 10.2. The van der Waals surface area contributed by atoms with E-state index >= 15 is 0 Å². The highest BCUT2D eigenvalue weighted by Gasteiger charge is 2.43. The van der Waals surface area contributed by atoms with Crippen molar-refractivity contribution in [2.75, 3.05) is 0 Å². The van der Waals surface area contributed by atoms with Crippen LogP contribution in [0.2, 0.25) is 0 Å². The molecule has 2 rings (SSSR count). The molecule has 1 N–H and O–H groups in total. The Kier molecular flexibility index (Phi) is 2.51. The van der Waals surface area contributed by atoms with Crippen LogP contribution in [0.15, 0.2) is 24.3 Å². The predicted molar refractivity (Wildman–Crippen MR) is 59.0 cm³/mol. The van der Waals surface area contributed by atoms with Gasteiger partial charge >= 0.3 is 5.97 Å². The Hall–Kier alpha value is -1.31. The van der Waals surface area contributed by atoms with Crippen molar-refractivity contribution in [3.8, 4) is 0 Å². The van der Waals surface area contributed by atoms with Crippen LogP contribution in [0.1, 0.15) is 43.2 Å². The fourth-order valence-electron chi connectivity index (χ4n) is 1.96. The Labute approximate surface area is 89.9 Å². The molecule has 1 aliphatic rings. The second kappa shape index (κ2) is 3.69. The molecule has 0 saturated heterocycles. The maximum absolute atomic E-state index is 10.7. The molecule has 1 aliphatic carbocycles. The SMILES string of the molecule is CC(C)c1ccc(C2CC2C(=O)O)cc1. The average Bonchev–Trinajstić information content (AvgIpc) is 2.97. The van der Waals surface area contributed by atoms with E-state index in [1.807, 2.05) is 0 Å². The molecule has 0 heterocycles. The highest BCUT2D eigenvalue weighted by atomic mass is 16.4. The molecule has 2 nitrogen and oxygen atoms in total. The highest BCUT2D eigenvalue weighted by Crippen LogP contribution is 2.47. The van der Waals surface area contributed by atoms with Gasteiger partial charge in [-0.15, -0.1) is 0 Å². The molecule has 80 valence electrons. The lowest BCUT2D eigenvalue weighted by Gasteiger charge is -2.06. The number of aliphatic carboxylic acids is 1. The molecule has 0 amide bonds. The summed E-state index contributed by atoms with van der Waals surface area (Å²) in [4.78, 5) is 10.7. The van der Waals surface area contributed by atoms with Gasteiger partial charge in [-0.05, 0) is 29.4 Å². The smallest absolute Gasteiger partial charge is 0.307 e. The Balaban J connectivity index is 2.09. The van der Waals surface area contributed by atoms with Crippen molar-refractivity contribution in [2.45, 2.75) is 32.1 Å². The molecular weight excluding hydrogens is 188 g/mol. The summed E-state index contributed by atoms with van der Waals surface area (Å²) < 4.78 is 0. The van der Waals surface area contributed by atoms with Crippen LogP contribution >= 0.6 is 0 Å². The fourth-order valence-corrected chi connectivity index (χ4v) is 1.96. The Morgan fingerprint density at radius 2 is 1.93 bits per heavy atom. The van der Waals surface area contributed by atoms with E-state index in [2.05, 4.69) is 38.1 Å². The molecule has 0 aromatic heterocycles. The highest BCUT2D eigenvalue weighted by molar-refractivity contribution is 5.75. The summed E-state index contributed by atoms with van der Waals surface area (Å²) in [5.41, 5.74) is 2.48. The number of hydrogen-bond donors (Lipinski definition) is 1. The number of rotatable bonds is 3. The molecule has 2 unspecified atom stereocenters. The molecule has 1 saturated carbocycles. The van der Waals surface area contributed by atoms with E-state index in [4.69, 9.17) is 5.11 Å². The lowest BCUT2D eigenvalue weighted by Crippen LogP contribution is -1.99. The van der Waals surface area contributed by atoms with Gasteiger partial charge in [-0.1, -0.05) is 38.1 Å². The summed E-state index contributed by atoms with van der Waals surface area (Å²) in [6, 6.07) is 8.36. The number of benzene rings is 1. The van der Waals surface area contributed by atoms with E-state index in [0.29, 0.717) is 5.92 Å². The molecule has 0 bridgehead atoms. The summed E-state index contributed by atoms with van der Waals surface area (Å²) in [7, 11) is 0. The molecule has 0 spiro atoms. The van der Waals surface area contributed by atoms with E-state index in [0.717, 1.165) is 6.42 Å². The van der Waals surface area contributed by atoms with Crippen LogP contribution in [-0.4, -0.2) is 11.1 Å². The first-order valence-electron chi connectivity index (χ1n) is 5.42. The van der Waals surface area contributed by atoms with Gasteiger partial charge in [0.05, 0.1) is 5.92 Å². The van der Waals surface area contributed by atoms with Crippen LogP contribution < -0.4 is 0 Å². The predicted octanol–water partition coefficient (Wildman–Crippen LogP) is 3.00. The zero-order valence-corrected chi connectivity index (χ0v) is 9.10. The van der Waals surface area contributed by atoms with E-state index in [1.165, 1.54) is 11.1 Å². The third kappa shape index (κ3) is 2.04. The molecule has 0 aliphatic heterocycles. The van der Waals surface area contributed by atoms with Gasteiger partial charge in [-0.3, -0.25) is 4.79 Å². The summed E-state index contributed by atoms with van der Waals surface area (Å²) >= 11 is 0. The summed E-state index contributed by atoms with van der Waals surface area (Å²) in [5.74, 6) is -0.0138. The minimum Gasteiger partial charge on any atom is -0.481 e. The molecule has 2 atom stereocenters. The average molecular weight is 204 g/mol. The number of carboxylic acid groups (broad SMARTS) is 1. The molecular formula is C13H16O2. The standard InChI is InChI=1S/C13H16O2/c1-8(2)9-3-5-10(6-4-9)11-7-12(11)13(14)15/h3-6,8,11-12H,7H2,1-2H3,(H,14,15). The lowest BCUT2D eigenvalue weighted by molar-refractivity contribution is -0.138. The maximum atomic E-state index is 10.7. The zero-order valence-electron chi connectivity index (χ0n) is 9.10. The van der Waals surface area contributed by atoms with Gasteiger partial charge in [0.15, 0.2) is 0 Å². The fraction of sp³-hybridized carbons (Fsp3) is 0.462. The number of carboxylic acids is 1. The van der Waals surface area contributed by atoms with E-state index in [1.54, 1.807) is 0 Å². The lowest BCUT2D eigenvalue weighted by atomic mass is 10.00. The van der Waals surface area contributed by atoms with Gasteiger partial charge in [0.1, 0.15) is 0 Å². The van der Waals surface area contributed by atoms with Crippen molar-refractivity contribution < 1.29 is 9.90 Å². The van der Waals surface area contributed by atoms with Crippen LogP contribution in [0.4, 0.5) is 0 Å². The molecule has 0 radical (unpaired) electrons. The minimum absolute atomic E-state index is 0.144. The summed E-state index contributed by atoms with van der Waals surface area (Å²) in [5, 5.41) is 8.83. The van der Waals surface area contributed by atoms with Crippen molar-refractivity contribution in [3.63, 3.8) is 0 Å². The normalized spacial score (nSPS) is 24.2. The Morgan fingerprint density at radius 3 is 2.33 bits per heavy atom. The van der Waals surface area contributed by atoms with E-state index < -0.39 is 5.97 Å². The summed E-state index contributed by atoms with van der Waals surface area (Å²) in [6.07, 6.45) is 0.802. The van der Waals surface area contributed by atoms with Crippen molar-refractivity contribution in [3.05, 3.63) is 35.4 Å². The number of hydrogen-bond acceptors (Lipinski definition) is 1. The molecule has 1 fully saturated rings. The van der Waals surface area contributed by atoms with Crippen molar-refractivity contribution in [1.29, 1.82) is 0 Å². The van der Waals surface area contributed by atoms with Gasteiger partial charge in [-0.25, -0.2) is 0 Å². The molecule has 1 aromatic carbocycles. The van der Waals surface area contributed by atoms with Crippen LogP contribution in [0.5, 0.6) is 0 Å². The second-order valence-electron chi connectivity index (χ2n) is 4.61.